The summed E-state index contributed by atoms with van der Waals surface area (Å²) in [5, 5.41) is 18.4. The number of hydrogen-bond acceptors (Lipinski definition) is 0. The molecule has 9 rings (SSSR count). The molecule has 0 spiro atoms. The maximum absolute atomic E-state index is 16.2. The van der Waals surface area contributed by atoms with E-state index in [9.17, 15) is 17.6 Å². The Morgan fingerprint density at radius 3 is 0.377 bits per heavy atom. The van der Waals surface area contributed by atoms with E-state index in [1.807, 2.05) is 0 Å². The van der Waals surface area contributed by atoms with E-state index in [2.05, 4.69) is 21.3 Å². The van der Waals surface area contributed by atoms with Gasteiger partial charge in [-0.3, -0.25) is 0 Å². The number of hydrogen-bond donors (Lipinski definition) is 0. The Morgan fingerprint density at radius 1 is 0.159 bits per heavy atom. The van der Waals surface area contributed by atoms with Gasteiger partial charge in [-0.15, -0.1) is 48.3 Å². The van der Waals surface area contributed by atoms with Crippen LogP contribution >= 0.6 is 0 Å². The molecule has 69 heavy (non-hydrogen) atoms. The van der Waals surface area contributed by atoms with Crippen molar-refractivity contribution in [2.24, 2.45) is 47.3 Å². The molecule has 4 nitrogen and oxygen atoms in total. The fraction of sp³-hybridized carbons (Fsp3) is 1.00. The summed E-state index contributed by atoms with van der Waals surface area (Å²) < 4.78 is 310. The van der Waals surface area contributed by atoms with Crippen LogP contribution in [0.1, 0.15) is 51.4 Å². The van der Waals surface area contributed by atoms with Crippen LogP contribution in [0.15, 0.2) is 0 Å². The van der Waals surface area contributed by atoms with E-state index in [0.29, 0.717) is 0 Å². The number of nitrogens with zero attached hydrogens (tertiary/aromatic N) is 4. The minimum absolute atomic E-state index is 0. The van der Waals surface area contributed by atoms with E-state index in [0.717, 1.165) is 0 Å². The molecule has 0 aromatic rings. The average molecular weight is 1120 g/mol. The van der Waals surface area contributed by atoms with Crippen molar-refractivity contribution in [3.8, 4) is 0 Å². The van der Waals surface area contributed by atoms with Crippen molar-refractivity contribution >= 4 is 0 Å². The summed E-state index contributed by atoms with van der Waals surface area (Å²) in [6.07, 6.45) is -67.2. The van der Waals surface area contributed by atoms with Gasteiger partial charge in [-0.2, -0.15) is 0 Å². The van der Waals surface area contributed by atoms with Crippen molar-refractivity contribution in [2.45, 2.75) is 223 Å². The first-order chi connectivity index (χ1) is 32.1. The molecule has 0 N–H and O–H groups in total. The van der Waals surface area contributed by atoms with Crippen LogP contribution in [0.5, 0.6) is 0 Å². The van der Waals surface area contributed by atoms with Gasteiger partial charge in [-0.25, -0.2) is 87.8 Å². The maximum Gasteiger partial charge on any atom is 0.168 e. The third-order valence-electron chi connectivity index (χ3n) is 17.7. The fourth-order valence-electron chi connectivity index (χ4n) is 14.6. The minimum Gasteiger partial charge on any atom is -0.656 e. The molecule has 9 fully saturated rings. The van der Waals surface area contributed by atoms with Gasteiger partial charge in [-0.1, -0.05) is 75.0 Å². The fourth-order valence-corrected chi connectivity index (χ4v) is 14.6. The van der Waals surface area contributed by atoms with Crippen molar-refractivity contribution in [3.63, 3.8) is 0 Å². The molecule has 402 valence electrons. The van der Waals surface area contributed by atoms with Gasteiger partial charge < -0.3 is 21.3 Å². The molecule has 4 saturated carbocycles. The topological polar surface area (TPSA) is 56.4 Å². The second-order valence-corrected chi connectivity index (χ2v) is 21.0. The van der Waals surface area contributed by atoms with E-state index in [-0.39, 0.29) is 71.8 Å². The van der Waals surface area contributed by atoms with Gasteiger partial charge in [0.25, 0.3) is 0 Å². The first-order valence-corrected chi connectivity index (χ1v) is 23.7. The summed E-state index contributed by atoms with van der Waals surface area (Å²) >= 11 is 0. The van der Waals surface area contributed by atoms with E-state index < -0.39 is 219 Å². The van der Waals surface area contributed by atoms with Gasteiger partial charge in [0, 0.05) is 44.1 Å². The predicted molar refractivity (Wildman–Crippen MR) is 207 cm³/mol. The van der Waals surface area contributed by atoms with Crippen molar-refractivity contribution in [3.05, 3.63) is 21.3 Å². The Labute approximate surface area is 399 Å². The average Bonchev–Trinajstić information content (AvgIpc) is 4.18. The van der Waals surface area contributed by atoms with Gasteiger partial charge in [0.15, 0.2) is 74.1 Å². The second-order valence-electron chi connectivity index (χ2n) is 21.0. The van der Waals surface area contributed by atoms with Gasteiger partial charge in [-0.05, 0) is 0 Å². The minimum atomic E-state index is -3.29. The molecule has 24 atom stereocenters. The monoisotopic (exact) mass is 1120 g/mol. The standard InChI is InChI=1S/C44H52F20N4.Pd/c45-25-21(26(46)34(54)41(61)33(25)53)17-9-1-2-10(65-9)18(22-27(47)35(55)42(62)36(56)28(22)48)12-5-6-14(67-12)20(24-31(51)39(59)44(64)40(60)32(24)52)16-8-7-15(68-16)19(13-4-3-11(17)66-13)23-29(49)37(57)43(63)38(58)30(23)50;/h9-44H,1-8H2;/q-4;. The predicted octanol–water partition coefficient (Wildman–Crippen LogP) is 11.4. The second kappa shape index (κ2) is 20.7. The quantitative estimate of drug-likeness (QED) is 0.199. The summed E-state index contributed by atoms with van der Waals surface area (Å²) in [7, 11) is 0. The third-order valence-corrected chi connectivity index (χ3v) is 17.7. The van der Waals surface area contributed by atoms with E-state index in [1.54, 1.807) is 0 Å². The van der Waals surface area contributed by atoms with Crippen LogP contribution in [-0.2, 0) is 20.4 Å². The first-order valence-electron chi connectivity index (χ1n) is 23.7. The third kappa shape index (κ3) is 8.87. The molecule has 5 aliphatic heterocycles. The Hall–Kier alpha value is -0.898. The van der Waals surface area contributed by atoms with E-state index in [1.165, 1.54) is 0 Å². The number of alkyl halides is 20. The Morgan fingerprint density at radius 2 is 0.261 bits per heavy atom. The van der Waals surface area contributed by atoms with Crippen LogP contribution in [0, 0.1) is 47.3 Å². The largest absolute Gasteiger partial charge is 0.656 e. The summed E-state index contributed by atoms with van der Waals surface area (Å²) in [6, 6.07) is -12.4. The van der Waals surface area contributed by atoms with Crippen molar-refractivity contribution in [1.29, 1.82) is 0 Å². The number of fused-ring (bicyclic) bond motifs is 8. The van der Waals surface area contributed by atoms with Gasteiger partial charge in [0.2, 0.25) is 0 Å². The van der Waals surface area contributed by atoms with Crippen LogP contribution in [0.25, 0.3) is 21.3 Å². The normalized spacial score (nSPS) is 61.4. The summed E-state index contributed by atoms with van der Waals surface area (Å²) in [5.41, 5.74) is 0. The van der Waals surface area contributed by atoms with Crippen LogP contribution in [-0.4, -0.2) is 172 Å². The molecule has 4 aliphatic carbocycles. The van der Waals surface area contributed by atoms with E-state index >= 15 is 70.2 Å². The summed E-state index contributed by atoms with van der Waals surface area (Å²) in [4.78, 5) is 0. The van der Waals surface area contributed by atoms with Crippen molar-refractivity contribution in [1.82, 2.24) is 0 Å². The molecule has 24 unspecified atom stereocenters. The molecule has 0 aromatic heterocycles. The molecule has 25 heteroatoms. The molecule has 0 aromatic carbocycles. The van der Waals surface area contributed by atoms with Crippen LogP contribution in [0.2, 0.25) is 0 Å². The Bertz CT molecular complexity index is 1400. The maximum atomic E-state index is 16.2. The van der Waals surface area contributed by atoms with Crippen LogP contribution < -0.4 is 0 Å². The molecule has 0 radical (unpaired) electrons. The zero-order valence-corrected chi connectivity index (χ0v) is 37.7. The zero-order chi connectivity index (χ0) is 49.3. The summed E-state index contributed by atoms with van der Waals surface area (Å²) in [5.74, 6) is -17.0. The SMILES string of the molecule is FC1C(F)C(F)C(C2C3CCC([N-]3)C(C3C(F)C(F)C(F)C(F)C3F)C3CCC([N-]3)C(C3C(F)C(F)C(F)C(F)C3F)C3CCC([N-]3)C(C3C(F)C(F)C(F)C(F)C3F)C3CCC2[N-]3)C(F)C1F.[Pd]. The molecule has 5 saturated heterocycles. The van der Waals surface area contributed by atoms with E-state index in [4.69, 9.17) is 0 Å². The molecular formula is C44H52F20N4Pd-4. The zero-order valence-electron chi connectivity index (χ0n) is 36.1. The van der Waals surface area contributed by atoms with Crippen molar-refractivity contribution in [2.75, 3.05) is 0 Å². The smallest absolute Gasteiger partial charge is 0.168 e. The molecule has 8 bridgehead atoms. The number of halogens is 20. The first kappa shape index (κ1) is 54.4. The van der Waals surface area contributed by atoms with Crippen LogP contribution in [0.4, 0.5) is 87.8 Å². The Kier molecular flexibility index (Phi) is 16.3. The van der Waals surface area contributed by atoms with Crippen molar-refractivity contribution < 1.29 is 108 Å². The van der Waals surface area contributed by atoms with Gasteiger partial charge in [0.1, 0.15) is 49.4 Å². The molecular weight excluding hydrogens is 1070 g/mol. The van der Waals surface area contributed by atoms with Gasteiger partial charge >= 0.3 is 0 Å². The molecule has 0 amide bonds. The van der Waals surface area contributed by atoms with Gasteiger partial charge in [0.05, 0.1) is 0 Å². The Balaban J connectivity index is 0.00000642. The summed E-state index contributed by atoms with van der Waals surface area (Å²) in [6.45, 7) is 0. The molecule has 5 heterocycles. The molecule has 9 aliphatic rings. The van der Waals surface area contributed by atoms with Crippen LogP contribution in [0.3, 0.4) is 0 Å². The number of rotatable bonds is 4.